The van der Waals surface area contributed by atoms with Crippen LogP contribution >= 0.6 is 23.1 Å². The molecule has 0 saturated carbocycles. The molecule has 0 aliphatic heterocycles. The van der Waals surface area contributed by atoms with Gasteiger partial charge in [0.2, 0.25) is 5.13 Å². The molecule has 1 aromatic carbocycles. The summed E-state index contributed by atoms with van der Waals surface area (Å²) in [6.07, 6.45) is 2.81. The highest BCUT2D eigenvalue weighted by atomic mass is 32.2. The van der Waals surface area contributed by atoms with E-state index >= 15 is 0 Å². The van der Waals surface area contributed by atoms with E-state index in [1.165, 1.54) is 35.6 Å². The van der Waals surface area contributed by atoms with Crippen LogP contribution in [0.5, 0.6) is 0 Å². The standard InChI is InChI=1S/C15H10N4O2S2/c16-7-10-1-3-11(4-2-10)9-22-15-19-18-14(23-15)17-13(20)12-5-6-21-8-12/h1-6,8H,9H2,(H,17,18,20). The van der Waals surface area contributed by atoms with Gasteiger partial charge in [0.15, 0.2) is 4.34 Å². The number of carbonyl (C=O) groups is 1. The smallest absolute Gasteiger partial charge is 0.260 e. The molecule has 8 heteroatoms. The van der Waals surface area contributed by atoms with Crippen molar-refractivity contribution >= 4 is 34.1 Å². The van der Waals surface area contributed by atoms with Crippen molar-refractivity contribution in [1.82, 2.24) is 10.2 Å². The zero-order valence-corrected chi connectivity index (χ0v) is 13.4. The zero-order chi connectivity index (χ0) is 16.1. The quantitative estimate of drug-likeness (QED) is 0.563. The van der Waals surface area contributed by atoms with Gasteiger partial charge in [0.05, 0.1) is 23.5 Å². The van der Waals surface area contributed by atoms with Crippen LogP contribution in [0, 0.1) is 11.3 Å². The average molecular weight is 342 g/mol. The predicted octanol–water partition coefficient (Wildman–Crippen LogP) is 3.55. The first-order valence-corrected chi connectivity index (χ1v) is 8.34. The number of hydrogen-bond acceptors (Lipinski definition) is 7. The second-order valence-corrected chi connectivity index (χ2v) is 6.64. The maximum Gasteiger partial charge on any atom is 0.260 e. The Kier molecular flexibility index (Phi) is 4.71. The first-order valence-electron chi connectivity index (χ1n) is 6.53. The molecule has 0 aliphatic carbocycles. The topological polar surface area (TPSA) is 91.8 Å². The minimum Gasteiger partial charge on any atom is -0.472 e. The van der Waals surface area contributed by atoms with E-state index in [1.807, 2.05) is 12.1 Å². The molecule has 0 radical (unpaired) electrons. The summed E-state index contributed by atoms with van der Waals surface area (Å²) >= 11 is 2.84. The van der Waals surface area contributed by atoms with Gasteiger partial charge >= 0.3 is 0 Å². The number of thioether (sulfide) groups is 1. The molecule has 3 aromatic rings. The third-order valence-corrected chi connectivity index (χ3v) is 4.90. The first-order chi connectivity index (χ1) is 11.2. The molecule has 0 aliphatic rings. The van der Waals surface area contributed by atoms with Gasteiger partial charge in [-0.2, -0.15) is 5.26 Å². The number of nitrogens with one attached hydrogen (secondary N) is 1. The lowest BCUT2D eigenvalue weighted by Crippen LogP contribution is -2.10. The van der Waals surface area contributed by atoms with Crippen molar-refractivity contribution in [2.75, 3.05) is 5.32 Å². The van der Waals surface area contributed by atoms with E-state index in [1.54, 1.807) is 18.2 Å². The summed E-state index contributed by atoms with van der Waals surface area (Å²) in [6.45, 7) is 0. The van der Waals surface area contributed by atoms with Crippen molar-refractivity contribution in [3.8, 4) is 6.07 Å². The number of rotatable bonds is 5. The summed E-state index contributed by atoms with van der Waals surface area (Å²) in [5.41, 5.74) is 2.17. The van der Waals surface area contributed by atoms with Crippen LogP contribution < -0.4 is 5.32 Å². The van der Waals surface area contributed by atoms with Crippen LogP contribution in [-0.4, -0.2) is 16.1 Å². The maximum absolute atomic E-state index is 11.9. The fourth-order valence-corrected chi connectivity index (χ4v) is 3.41. The lowest BCUT2D eigenvalue weighted by molar-refractivity contribution is 0.102. The number of benzene rings is 1. The number of anilines is 1. The minimum absolute atomic E-state index is 0.279. The molecule has 23 heavy (non-hydrogen) atoms. The lowest BCUT2D eigenvalue weighted by Gasteiger charge is -1.98. The van der Waals surface area contributed by atoms with Crippen molar-refractivity contribution in [1.29, 1.82) is 5.26 Å². The fraction of sp³-hybridized carbons (Fsp3) is 0.0667. The highest BCUT2D eigenvalue weighted by Crippen LogP contribution is 2.28. The molecule has 1 N–H and O–H groups in total. The Labute approximate surface area is 140 Å². The van der Waals surface area contributed by atoms with E-state index in [0.717, 1.165) is 15.7 Å². The normalized spacial score (nSPS) is 10.2. The van der Waals surface area contributed by atoms with Crippen LogP contribution in [-0.2, 0) is 5.75 Å². The molecule has 3 rings (SSSR count). The molecule has 0 fully saturated rings. The summed E-state index contributed by atoms with van der Waals surface area (Å²) in [6, 6.07) is 11.1. The van der Waals surface area contributed by atoms with Gasteiger partial charge in [-0.15, -0.1) is 10.2 Å². The van der Waals surface area contributed by atoms with Crippen LogP contribution in [0.1, 0.15) is 21.5 Å². The third kappa shape index (κ3) is 3.97. The molecule has 0 unspecified atom stereocenters. The van der Waals surface area contributed by atoms with Gasteiger partial charge in [-0.1, -0.05) is 35.2 Å². The monoisotopic (exact) mass is 342 g/mol. The zero-order valence-electron chi connectivity index (χ0n) is 11.7. The molecule has 2 aromatic heterocycles. The van der Waals surface area contributed by atoms with E-state index in [9.17, 15) is 4.79 Å². The summed E-state index contributed by atoms with van der Waals surface area (Å²) in [5.74, 6) is 0.439. The van der Waals surface area contributed by atoms with Crippen LogP contribution in [0.2, 0.25) is 0 Å². The Hall–Kier alpha value is -2.63. The van der Waals surface area contributed by atoms with E-state index in [-0.39, 0.29) is 5.91 Å². The van der Waals surface area contributed by atoms with Crippen molar-refractivity contribution in [2.45, 2.75) is 10.1 Å². The van der Waals surface area contributed by atoms with Gasteiger partial charge in [0, 0.05) is 5.75 Å². The Morgan fingerprint density at radius 1 is 1.30 bits per heavy atom. The van der Waals surface area contributed by atoms with E-state index in [2.05, 4.69) is 21.6 Å². The number of hydrogen-bond donors (Lipinski definition) is 1. The van der Waals surface area contributed by atoms with Gasteiger partial charge in [0.1, 0.15) is 6.26 Å². The lowest BCUT2D eigenvalue weighted by atomic mass is 10.2. The number of aromatic nitrogens is 2. The summed E-state index contributed by atoms with van der Waals surface area (Å²) in [5, 5.41) is 19.9. The first kappa shape index (κ1) is 15.3. The molecular formula is C15H10N4O2S2. The third-order valence-electron chi connectivity index (χ3n) is 2.86. The highest BCUT2D eigenvalue weighted by molar-refractivity contribution is 8.00. The average Bonchev–Trinajstić information content (AvgIpc) is 3.25. The van der Waals surface area contributed by atoms with Crippen molar-refractivity contribution < 1.29 is 9.21 Å². The Bertz CT molecular complexity index is 835. The Balaban J connectivity index is 1.56. The summed E-state index contributed by atoms with van der Waals surface area (Å²) < 4.78 is 5.63. The fourth-order valence-electron chi connectivity index (χ4n) is 1.70. The van der Waals surface area contributed by atoms with Crippen molar-refractivity contribution in [2.24, 2.45) is 0 Å². The molecule has 6 nitrogen and oxygen atoms in total. The van der Waals surface area contributed by atoms with Gasteiger partial charge in [-0.05, 0) is 23.8 Å². The minimum atomic E-state index is -0.279. The molecule has 0 spiro atoms. The molecule has 114 valence electrons. The summed E-state index contributed by atoms with van der Waals surface area (Å²) in [7, 11) is 0. The molecule has 1 amide bonds. The van der Waals surface area contributed by atoms with Crippen LogP contribution in [0.25, 0.3) is 0 Å². The van der Waals surface area contributed by atoms with Crippen LogP contribution in [0.4, 0.5) is 5.13 Å². The van der Waals surface area contributed by atoms with Gasteiger partial charge in [-0.25, -0.2) is 0 Å². The van der Waals surface area contributed by atoms with Gasteiger partial charge in [0.25, 0.3) is 5.91 Å². The second-order valence-electron chi connectivity index (χ2n) is 4.44. The molecule has 0 atom stereocenters. The molecule has 0 saturated heterocycles. The highest BCUT2D eigenvalue weighted by Gasteiger charge is 2.11. The number of amides is 1. The molecule has 2 heterocycles. The van der Waals surface area contributed by atoms with Crippen molar-refractivity contribution in [3.63, 3.8) is 0 Å². The van der Waals surface area contributed by atoms with E-state index < -0.39 is 0 Å². The number of carbonyl (C=O) groups excluding carboxylic acids is 1. The second kappa shape index (κ2) is 7.09. The molecular weight excluding hydrogens is 332 g/mol. The van der Waals surface area contributed by atoms with Crippen molar-refractivity contribution in [3.05, 3.63) is 59.5 Å². The molecule has 0 bridgehead atoms. The van der Waals surface area contributed by atoms with Crippen LogP contribution in [0.15, 0.2) is 51.6 Å². The largest absolute Gasteiger partial charge is 0.472 e. The number of furan rings is 1. The van der Waals surface area contributed by atoms with E-state index in [4.69, 9.17) is 9.68 Å². The summed E-state index contributed by atoms with van der Waals surface area (Å²) in [4.78, 5) is 11.9. The SMILES string of the molecule is N#Cc1ccc(CSc2nnc(NC(=O)c3ccoc3)s2)cc1. The number of nitriles is 1. The van der Waals surface area contributed by atoms with Crippen LogP contribution in [0.3, 0.4) is 0 Å². The number of nitrogens with zero attached hydrogens (tertiary/aromatic N) is 3. The predicted molar refractivity (Wildman–Crippen MR) is 87.3 cm³/mol. The maximum atomic E-state index is 11.9. The van der Waals surface area contributed by atoms with Gasteiger partial charge < -0.3 is 4.42 Å². The Morgan fingerprint density at radius 3 is 2.83 bits per heavy atom. The van der Waals surface area contributed by atoms with E-state index in [0.29, 0.717) is 16.3 Å². The van der Waals surface area contributed by atoms with Gasteiger partial charge in [-0.3, -0.25) is 10.1 Å². The Morgan fingerprint density at radius 2 is 2.13 bits per heavy atom.